The Hall–Kier alpha value is -1.06. The van der Waals surface area contributed by atoms with Crippen LogP contribution < -0.4 is 5.73 Å². The number of hydrogen-bond acceptors (Lipinski definition) is 2. The summed E-state index contributed by atoms with van der Waals surface area (Å²) in [5.41, 5.74) is 7.24. The Morgan fingerprint density at radius 3 is 2.67 bits per heavy atom. The second-order valence-corrected chi connectivity index (χ2v) is 5.83. The van der Waals surface area contributed by atoms with Crippen molar-refractivity contribution in [3.63, 3.8) is 0 Å². The Kier molecular flexibility index (Phi) is 7.76. The molecule has 4 heteroatoms. The van der Waals surface area contributed by atoms with E-state index in [9.17, 15) is 4.79 Å². The first kappa shape index (κ1) is 18.0. The summed E-state index contributed by atoms with van der Waals surface area (Å²) in [5.74, 6) is 0.892. The van der Waals surface area contributed by atoms with Crippen LogP contribution in [0.25, 0.3) is 0 Å². The zero-order chi connectivity index (χ0) is 14.4. The first-order valence-corrected chi connectivity index (χ1v) is 7.79. The van der Waals surface area contributed by atoms with E-state index in [1.54, 1.807) is 0 Å². The highest BCUT2D eigenvalue weighted by molar-refractivity contribution is 5.85. The molecule has 0 radical (unpaired) electrons. The SMILES string of the molecule is CCC1CCCN(C(=O)[C@@H](N)Cc2ccccc2)CC1.Cl. The molecule has 2 rings (SSSR count). The lowest BCUT2D eigenvalue weighted by atomic mass is 9.98. The maximum Gasteiger partial charge on any atom is 0.239 e. The highest BCUT2D eigenvalue weighted by atomic mass is 35.5. The fraction of sp³-hybridized carbons (Fsp3) is 0.588. The molecule has 0 spiro atoms. The van der Waals surface area contributed by atoms with E-state index in [-0.39, 0.29) is 18.3 Å². The molecule has 0 aliphatic carbocycles. The number of benzene rings is 1. The number of hydrogen-bond donors (Lipinski definition) is 1. The fourth-order valence-electron chi connectivity index (χ4n) is 2.98. The Labute approximate surface area is 134 Å². The van der Waals surface area contributed by atoms with E-state index >= 15 is 0 Å². The number of carbonyl (C=O) groups excluding carboxylic acids is 1. The third-order valence-corrected chi connectivity index (χ3v) is 4.35. The van der Waals surface area contributed by atoms with E-state index in [1.807, 2.05) is 35.2 Å². The molecular weight excluding hydrogens is 284 g/mol. The highest BCUT2D eigenvalue weighted by Gasteiger charge is 2.24. The van der Waals surface area contributed by atoms with Crippen molar-refractivity contribution in [2.45, 2.75) is 45.1 Å². The van der Waals surface area contributed by atoms with Crippen LogP contribution in [0.3, 0.4) is 0 Å². The molecule has 21 heavy (non-hydrogen) atoms. The van der Waals surface area contributed by atoms with Crippen molar-refractivity contribution in [3.8, 4) is 0 Å². The van der Waals surface area contributed by atoms with Gasteiger partial charge in [0.25, 0.3) is 0 Å². The summed E-state index contributed by atoms with van der Waals surface area (Å²) in [6.45, 7) is 3.99. The monoisotopic (exact) mass is 310 g/mol. The maximum absolute atomic E-state index is 12.5. The molecule has 1 heterocycles. The van der Waals surface area contributed by atoms with Gasteiger partial charge in [0.1, 0.15) is 0 Å². The molecule has 1 unspecified atom stereocenters. The minimum absolute atomic E-state index is 0. The van der Waals surface area contributed by atoms with Gasteiger partial charge in [-0.25, -0.2) is 0 Å². The van der Waals surface area contributed by atoms with Gasteiger partial charge in [0, 0.05) is 13.1 Å². The van der Waals surface area contributed by atoms with Crippen LogP contribution in [0.15, 0.2) is 30.3 Å². The third kappa shape index (κ3) is 5.33. The third-order valence-electron chi connectivity index (χ3n) is 4.35. The van der Waals surface area contributed by atoms with Crippen LogP contribution >= 0.6 is 12.4 Å². The van der Waals surface area contributed by atoms with Crippen LogP contribution in [-0.4, -0.2) is 29.9 Å². The summed E-state index contributed by atoms with van der Waals surface area (Å²) in [6, 6.07) is 9.62. The molecule has 0 aromatic heterocycles. The minimum atomic E-state index is -0.407. The van der Waals surface area contributed by atoms with Gasteiger partial charge in [-0.2, -0.15) is 0 Å². The van der Waals surface area contributed by atoms with Gasteiger partial charge in [0.05, 0.1) is 6.04 Å². The molecule has 2 N–H and O–H groups in total. The van der Waals surface area contributed by atoms with E-state index in [4.69, 9.17) is 5.73 Å². The molecule has 1 saturated heterocycles. The predicted octanol–water partition coefficient (Wildman–Crippen LogP) is 3.02. The molecule has 1 amide bonds. The van der Waals surface area contributed by atoms with E-state index in [1.165, 1.54) is 12.8 Å². The zero-order valence-electron chi connectivity index (χ0n) is 12.8. The van der Waals surface area contributed by atoms with Crippen LogP contribution in [-0.2, 0) is 11.2 Å². The fourth-order valence-corrected chi connectivity index (χ4v) is 2.98. The van der Waals surface area contributed by atoms with E-state index < -0.39 is 6.04 Å². The lowest BCUT2D eigenvalue weighted by Crippen LogP contribution is -2.45. The largest absolute Gasteiger partial charge is 0.341 e. The molecule has 1 aliphatic heterocycles. The molecule has 118 valence electrons. The number of halogens is 1. The standard InChI is InChI=1S/C17H26N2O.ClH/c1-2-14-9-6-11-19(12-10-14)17(20)16(18)13-15-7-4-3-5-8-15;/h3-5,7-8,14,16H,2,6,9-13,18H2,1H3;1H/t14?,16-;/m0./s1. The number of nitrogens with two attached hydrogens (primary N) is 1. The van der Waals surface area contributed by atoms with Crippen LogP contribution in [0.4, 0.5) is 0 Å². The summed E-state index contributed by atoms with van der Waals surface area (Å²) >= 11 is 0. The van der Waals surface area contributed by atoms with Gasteiger partial charge in [0.2, 0.25) is 5.91 Å². The van der Waals surface area contributed by atoms with Gasteiger partial charge >= 0.3 is 0 Å². The first-order valence-electron chi connectivity index (χ1n) is 7.79. The molecule has 2 atom stereocenters. The molecule has 1 fully saturated rings. The van der Waals surface area contributed by atoms with Crippen molar-refractivity contribution in [2.75, 3.05) is 13.1 Å². The van der Waals surface area contributed by atoms with Crippen molar-refractivity contribution in [1.29, 1.82) is 0 Å². The normalized spacial score (nSPS) is 20.3. The topological polar surface area (TPSA) is 46.3 Å². The van der Waals surface area contributed by atoms with E-state index in [0.29, 0.717) is 6.42 Å². The van der Waals surface area contributed by atoms with Gasteiger partial charge < -0.3 is 10.6 Å². The summed E-state index contributed by atoms with van der Waals surface area (Å²) in [4.78, 5) is 14.4. The molecular formula is C17H27ClN2O. The Morgan fingerprint density at radius 2 is 2.00 bits per heavy atom. The molecule has 0 saturated carbocycles. The first-order chi connectivity index (χ1) is 9.70. The predicted molar refractivity (Wildman–Crippen MR) is 89.6 cm³/mol. The van der Waals surface area contributed by atoms with Crippen molar-refractivity contribution >= 4 is 18.3 Å². The minimum Gasteiger partial charge on any atom is -0.341 e. The van der Waals surface area contributed by atoms with Crippen LogP contribution in [0, 0.1) is 5.92 Å². The van der Waals surface area contributed by atoms with Crippen molar-refractivity contribution in [3.05, 3.63) is 35.9 Å². The Morgan fingerprint density at radius 1 is 1.29 bits per heavy atom. The zero-order valence-corrected chi connectivity index (χ0v) is 13.6. The molecule has 1 aromatic rings. The number of carbonyl (C=O) groups is 1. The number of rotatable bonds is 4. The molecule has 0 bridgehead atoms. The summed E-state index contributed by atoms with van der Waals surface area (Å²) in [5, 5.41) is 0. The number of likely N-dealkylation sites (tertiary alicyclic amines) is 1. The van der Waals surface area contributed by atoms with Crippen LogP contribution in [0.5, 0.6) is 0 Å². The molecule has 3 nitrogen and oxygen atoms in total. The second-order valence-electron chi connectivity index (χ2n) is 5.83. The highest BCUT2D eigenvalue weighted by Crippen LogP contribution is 2.20. The molecule has 1 aliphatic rings. The van der Waals surface area contributed by atoms with Crippen molar-refractivity contribution in [1.82, 2.24) is 4.90 Å². The van der Waals surface area contributed by atoms with Gasteiger partial charge in [-0.1, -0.05) is 43.7 Å². The smallest absolute Gasteiger partial charge is 0.239 e. The Balaban J connectivity index is 0.00000220. The number of amides is 1. The Bertz CT molecular complexity index is 424. The van der Waals surface area contributed by atoms with Gasteiger partial charge in [-0.05, 0) is 37.2 Å². The quantitative estimate of drug-likeness (QED) is 0.929. The maximum atomic E-state index is 12.5. The van der Waals surface area contributed by atoms with Gasteiger partial charge in [-0.15, -0.1) is 12.4 Å². The average molecular weight is 311 g/mol. The summed E-state index contributed by atoms with van der Waals surface area (Å²) < 4.78 is 0. The van der Waals surface area contributed by atoms with Crippen LogP contribution in [0.1, 0.15) is 38.2 Å². The van der Waals surface area contributed by atoms with Crippen molar-refractivity contribution < 1.29 is 4.79 Å². The average Bonchev–Trinajstić information content (AvgIpc) is 2.72. The van der Waals surface area contributed by atoms with Gasteiger partial charge in [0.15, 0.2) is 0 Å². The summed E-state index contributed by atoms with van der Waals surface area (Å²) in [7, 11) is 0. The van der Waals surface area contributed by atoms with E-state index in [2.05, 4.69) is 6.92 Å². The number of nitrogens with zero attached hydrogens (tertiary/aromatic N) is 1. The van der Waals surface area contributed by atoms with Gasteiger partial charge in [-0.3, -0.25) is 4.79 Å². The van der Waals surface area contributed by atoms with Crippen LogP contribution in [0.2, 0.25) is 0 Å². The van der Waals surface area contributed by atoms with E-state index in [0.717, 1.165) is 37.4 Å². The summed E-state index contributed by atoms with van der Waals surface area (Å²) in [6.07, 6.45) is 5.34. The molecule has 1 aromatic carbocycles. The lowest BCUT2D eigenvalue weighted by Gasteiger charge is -2.24. The second kappa shape index (κ2) is 9.06. The lowest BCUT2D eigenvalue weighted by molar-refractivity contribution is -0.132. The van der Waals surface area contributed by atoms with Crippen molar-refractivity contribution in [2.24, 2.45) is 11.7 Å².